The number of thioether (sulfide) groups is 1. The third-order valence-corrected chi connectivity index (χ3v) is 3.45. The second-order valence-corrected chi connectivity index (χ2v) is 5.52. The van der Waals surface area contributed by atoms with Gasteiger partial charge in [0.25, 0.3) is 0 Å². The molecule has 0 saturated carbocycles. The molecule has 17 heavy (non-hydrogen) atoms. The first-order valence-corrected chi connectivity index (χ1v) is 6.74. The zero-order valence-corrected chi connectivity index (χ0v) is 11.2. The van der Waals surface area contributed by atoms with Gasteiger partial charge >= 0.3 is 0 Å². The summed E-state index contributed by atoms with van der Waals surface area (Å²) in [5.41, 5.74) is 0.155. The monoisotopic (exact) mass is 260 g/mol. The van der Waals surface area contributed by atoms with E-state index >= 15 is 0 Å². The summed E-state index contributed by atoms with van der Waals surface area (Å²) < 4.78 is 32.3. The van der Waals surface area contributed by atoms with Gasteiger partial charge in [0.1, 0.15) is 11.6 Å². The highest BCUT2D eigenvalue weighted by Gasteiger charge is 2.15. The van der Waals surface area contributed by atoms with Crippen LogP contribution in [0.5, 0.6) is 0 Å². The first-order valence-electron chi connectivity index (χ1n) is 5.69. The summed E-state index contributed by atoms with van der Waals surface area (Å²) in [7, 11) is 0. The van der Waals surface area contributed by atoms with Crippen molar-refractivity contribution in [2.45, 2.75) is 32.1 Å². The number of benzene rings is 1. The van der Waals surface area contributed by atoms with Crippen LogP contribution in [-0.4, -0.2) is 18.5 Å². The minimum absolute atomic E-state index is 0.155. The van der Waals surface area contributed by atoms with E-state index in [1.54, 1.807) is 0 Å². The lowest BCUT2D eigenvalue weighted by molar-refractivity contribution is 0.0920. The number of ether oxygens (including phenoxy) is 1. The molecule has 0 heterocycles. The fourth-order valence-corrected chi connectivity index (χ4v) is 2.43. The fraction of sp³-hybridized carbons (Fsp3) is 0.538. The third-order valence-electron chi connectivity index (χ3n) is 2.31. The number of halogens is 2. The minimum Gasteiger partial charge on any atom is -0.378 e. The van der Waals surface area contributed by atoms with Crippen molar-refractivity contribution in [3.05, 3.63) is 35.4 Å². The highest BCUT2D eigenvalue weighted by Crippen LogP contribution is 2.31. The standard InChI is InChI=1S/C13H18F2OS/c1-9(2)16-7-8-17-10(3)13-11(14)5-4-6-12(13)15/h4-6,9-10H,7-8H2,1-3H3/t10-/m0/s1. The molecular formula is C13H18F2OS. The number of hydrogen-bond acceptors (Lipinski definition) is 2. The maximum absolute atomic E-state index is 13.5. The van der Waals surface area contributed by atoms with Crippen LogP contribution in [0.4, 0.5) is 8.78 Å². The summed E-state index contributed by atoms with van der Waals surface area (Å²) in [6, 6.07) is 3.97. The lowest BCUT2D eigenvalue weighted by Gasteiger charge is -2.14. The van der Waals surface area contributed by atoms with E-state index in [-0.39, 0.29) is 16.9 Å². The van der Waals surface area contributed by atoms with Crippen molar-refractivity contribution in [2.75, 3.05) is 12.4 Å². The molecule has 4 heteroatoms. The SMILES string of the molecule is CC(C)OCCS[C@@H](C)c1c(F)cccc1F. The molecule has 0 aromatic heterocycles. The van der Waals surface area contributed by atoms with Crippen LogP contribution in [0.2, 0.25) is 0 Å². The van der Waals surface area contributed by atoms with Crippen molar-refractivity contribution in [2.24, 2.45) is 0 Å². The van der Waals surface area contributed by atoms with Crippen molar-refractivity contribution in [3.63, 3.8) is 0 Å². The van der Waals surface area contributed by atoms with Crippen LogP contribution >= 0.6 is 11.8 Å². The van der Waals surface area contributed by atoms with E-state index in [1.807, 2.05) is 20.8 Å². The van der Waals surface area contributed by atoms with E-state index < -0.39 is 11.6 Å². The van der Waals surface area contributed by atoms with Crippen molar-refractivity contribution < 1.29 is 13.5 Å². The molecule has 0 aliphatic heterocycles. The molecule has 96 valence electrons. The number of hydrogen-bond donors (Lipinski definition) is 0. The smallest absolute Gasteiger partial charge is 0.130 e. The van der Waals surface area contributed by atoms with Crippen molar-refractivity contribution in [3.8, 4) is 0 Å². The lowest BCUT2D eigenvalue weighted by Crippen LogP contribution is -2.07. The maximum Gasteiger partial charge on any atom is 0.130 e. The molecular weight excluding hydrogens is 242 g/mol. The third kappa shape index (κ3) is 4.64. The van der Waals surface area contributed by atoms with Gasteiger partial charge in [-0.05, 0) is 32.9 Å². The first kappa shape index (κ1) is 14.5. The Hall–Kier alpha value is -0.610. The van der Waals surface area contributed by atoms with Crippen LogP contribution in [-0.2, 0) is 4.74 Å². The molecule has 0 N–H and O–H groups in total. The summed E-state index contributed by atoms with van der Waals surface area (Å²) >= 11 is 1.49. The van der Waals surface area contributed by atoms with Gasteiger partial charge in [0, 0.05) is 16.6 Å². The molecule has 1 aromatic carbocycles. The van der Waals surface area contributed by atoms with Crippen LogP contribution in [0.1, 0.15) is 31.6 Å². The Bertz CT molecular complexity index is 335. The van der Waals surface area contributed by atoms with E-state index in [1.165, 1.54) is 30.0 Å². The van der Waals surface area contributed by atoms with Crippen LogP contribution in [0.15, 0.2) is 18.2 Å². The zero-order valence-electron chi connectivity index (χ0n) is 10.4. The Labute approximate surface area is 106 Å². The second-order valence-electron chi connectivity index (χ2n) is 4.07. The molecule has 1 nitrogen and oxygen atoms in total. The number of rotatable bonds is 6. The highest BCUT2D eigenvalue weighted by molar-refractivity contribution is 7.99. The summed E-state index contributed by atoms with van der Waals surface area (Å²) in [5, 5.41) is -0.202. The molecule has 0 spiro atoms. The normalized spacial score (nSPS) is 13.1. The predicted octanol–water partition coefficient (Wildman–Crippen LogP) is 4.18. The van der Waals surface area contributed by atoms with Gasteiger partial charge in [0.15, 0.2) is 0 Å². The van der Waals surface area contributed by atoms with Crippen molar-refractivity contribution in [1.29, 1.82) is 0 Å². The van der Waals surface area contributed by atoms with E-state index in [0.717, 1.165) is 5.75 Å². The molecule has 0 amide bonds. The average molecular weight is 260 g/mol. The van der Waals surface area contributed by atoms with Crippen LogP contribution in [0.25, 0.3) is 0 Å². The molecule has 0 aliphatic carbocycles. The molecule has 0 unspecified atom stereocenters. The van der Waals surface area contributed by atoms with Crippen LogP contribution in [0.3, 0.4) is 0 Å². The van der Waals surface area contributed by atoms with E-state index in [0.29, 0.717) is 6.61 Å². The van der Waals surface area contributed by atoms with Gasteiger partial charge in [-0.15, -0.1) is 0 Å². The van der Waals surface area contributed by atoms with Gasteiger partial charge in [-0.25, -0.2) is 8.78 Å². The molecule has 1 rings (SSSR count). The maximum atomic E-state index is 13.5. The Morgan fingerprint density at radius 2 is 1.76 bits per heavy atom. The van der Waals surface area contributed by atoms with E-state index in [2.05, 4.69) is 0 Å². The van der Waals surface area contributed by atoms with Gasteiger partial charge < -0.3 is 4.74 Å². The van der Waals surface area contributed by atoms with Gasteiger partial charge in [0.05, 0.1) is 12.7 Å². The minimum atomic E-state index is -0.477. The Balaban J connectivity index is 2.49. The van der Waals surface area contributed by atoms with Crippen molar-refractivity contribution >= 4 is 11.8 Å². The lowest BCUT2D eigenvalue weighted by atomic mass is 10.1. The summed E-state index contributed by atoms with van der Waals surface area (Å²) in [4.78, 5) is 0. The molecule has 0 radical (unpaired) electrons. The average Bonchev–Trinajstić information content (AvgIpc) is 2.24. The Kier molecular flexibility index (Phi) is 5.92. The van der Waals surface area contributed by atoms with Crippen LogP contribution < -0.4 is 0 Å². The molecule has 0 aliphatic rings. The van der Waals surface area contributed by atoms with Crippen molar-refractivity contribution in [1.82, 2.24) is 0 Å². The summed E-state index contributed by atoms with van der Waals surface area (Å²) in [5.74, 6) is -0.225. The highest BCUT2D eigenvalue weighted by atomic mass is 32.2. The van der Waals surface area contributed by atoms with Gasteiger partial charge in [-0.1, -0.05) is 6.07 Å². The fourth-order valence-electron chi connectivity index (χ4n) is 1.49. The Morgan fingerprint density at radius 3 is 2.29 bits per heavy atom. The van der Waals surface area contributed by atoms with E-state index in [9.17, 15) is 8.78 Å². The zero-order chi connectivity index (χ0) is 12.8. The van der Waals surface area contributed by atoms with Gasteiger partial charge in [-0.2, -0.15) is 11.8 Å². The topological polar surface area (TPSA) is 9.23 Å². The van der Waals surface area contributed by atoms with Gasteiger partial charge in [0.2, 0.25) is 0 Å². The molecule has 0 bridgehead atoms. The molecule has 1 aromatic rings. The van der Waals surface area contributed by atoms with Gasteiger partial charge in [-0.3, -0.25) is 0 Å². The summed E-state index contributed by atoms with van der Waals surface area (Å²) in [6.45, 7) is 6.33. The molecule has 0 fully saturated rings. The first-order chi connectivity index (χ1) is 8.02. The summed E-state index contributed by atoms with van der Waals surface area (Å²) in [6.07, 6.45) is 0.191. The largest absolute Gasteiger partial charge is 0.378 e. The van der Waals surface area contributed by atoms with E-state index in [4.69, 9.17) is 4.74 Å². The molecule has 1 atom stereocenters. The van der Waals surface area contributed by atoms with Crippen LogP contribution in [0, 0.1) is 11.6 Å². The molecule has 0 saturated heterocycles. The second kappa shape index (κ2) is 6.97. The predicted molar refractivity (Wildman–Crippen MR) is 68.3 cm³/mol. The Morgan fingerprint density at radius 1 is 1.18 bits per heavy atom. The quantitative estimate of drug-likeness (QED) is 0.709.